The predicted molar refractivity (Wildman–Crippen MR) is 292 cm³/mol. The molecule has 31 nitrogen and oxygen atoms in total. The summed E-state index contributed by atoms with van der Waals surface area (Å²) in [6.45, 7) is 7.37. The van der Waals surface area contributed by atoms with Gasteiger partial charge >= 0.3 is 5.97 Å². The number of rotatable bonds is 16. The second kappa shape index (κ2) is 26.0. The molecule has 31 heteroatoms. The third-order valence-corrected chi connectivity index (χ3v) is 22.9. The van der Waals surface area contributed by atoms with Gasteiger partial charge in [-0.05, 0) is 63.7 Å². The summed E-state index contributed by atoms with van der Waals surface area (Å²) in [5.41, 5.74) is -1.73. The van der Waals surface area contributed by atoms with Gasteiger partial charge in [-0.2, -0.15) is 0 Å². The maximum Gasteiger partial charge on any atom is 0.306 e. The minimum Gasteiger partial charge on any atom is -0.458 e. The Hall–Kier alpha value is -2.24. The van der Waals surface area contributed by atoms with Crippen LogP contribution in [0.15, 0.2) is 11.1 Å². The zero-order chi connectivity index (χ0) is 65.2. The Morgan fingerprint density at radius 2 is 1.04 bits per heavy atom. The largest absolute Gasteiger partial charge is 0.458 e. The summed E-state index contributed by atoms with van der Waals surface area (Å²) < 4.78 is 78.4. The number of esters is 1. The van der Waals surface area contributed by atoms with E-state index in [4.69, 9.17) is 61.6 Å². The molecule has 514 valence electrons. The molecule has 9 fully saturated rings. The molecule has 11 rings (SSSR count). The minimum absolute atomic E-state index is 0.0520. The fourth-order valence-electron chi connectivity index (χ4n) is 17.2. The molecule has 35 atom stereocenters. The molecule has 0 aromatic carbocycles. The van der Waals surface area contributed by atoms with Gasteiger partial charge in [0.05, 0.1) is 63.7 Å². The van der Waals surface area contributed by atoms with Crippen LogP contribution in [0.4, 0.5) is 0 Å². The van der Waals surface area contributed by atoms with Gasteiger partial charge in [0.25, 0.3) is 0 Å². The summed E-state index contributed by atoms with van der Waals surface area (Å²) in [7, 11) is 0. The van der Waals surface area contributed by atoms with Crippen LogP contribution < -0.4 is 0 Å². The van der Waals surface area contributed by atoms with Crippen LogP contribution in [0.5, 0.6) is 0 Å². The molecule has 16 N–H and O–H groups in total. The molecule has 7 heterocycles. The standard InChI is InChI=1S/C59H92O31/c1-21-13-33(66)90-59(21)14-31(65)58(6)24-7-8-30-55(3,23(24)9-12-57(58,59)5)11-10-32(56(30,4)20-62)85-50-44(77)41(74)38(71)29(84-50)19-80-52-46(35(68)25(63)17-78-52)88-54-48(89-49-43(76)40(73)34(67)22(2)81-49)45(39(72)28(16-61)83-54)86-53-47(36(69)26(64)18-79-53)87-51-42(75)37(70)27(15-60)82-51/h21-22,25-30,32,34-54,60-64,67-77H,7-20H2,1-6H3/t21-,22+,25+,26+,27+,28-,29-,30-,32+,34+,35+,36+,37+,38-,39-,40-,41+,42-,43-,44-,45+,46-,47-,48-,49+,50+,51+,52+,53+,54+,55-,56-,57+,58-,59+/m1/s1. The van der Waals surface area contributed by atoms with Crippen molar-refractivity contribution >= 4 is 11.8 Å². The van der Waals surface area contributed by atoms with Crippen LogP contribution in [0.25, 0.3) is 0 Å². The number of ether oxygens (including phenoxy) is 13. The third-order valence-electron chi connectivity index (χ3n) is 22.9. The Kier molecular flexibility index (Phi) is 19.9. The average Bonchev–Trinajstić information content (AvgIpc) is 1.43. The van der Waals surface area contributed by atoms with E-state index in [0.717, 1.165) is 11.1 Å². The molecule has 0 bridgehead atoms. The highest BCUT2D eigenvalue weighted by Gasteiger charge is 2.76. The number of carbonyl (C=O) groups excluding carboxylic acids is 2. The predicted octanol–water partition coefficient (Wildman–Crippen LogP) is -6.16. The van der Waals surface area contributed by atoms with E-state index in [-0.39, 0.29) is 43.0 Å². The maximum atomic E-state index is 14.5. The van der Waals surface area contributed by atoms with Crippen molar-refractivity contribution < 1.29 is 153 Å². The van der Waals surface area contributed by atoms with Gasteiger partial charge in [-0.3, -0.25) is 9.59 Å². The Balaban J connectivity index is 0.819. The van der Waals surface area contributed by atoms with Crippen LogP contribution in [0.2, 0.25) is 0 Å². The van der Waals surface area contributed by atoms with Crippen molar-refractivity contribution in [3.8, 4) is 0 Å². The molecule has 7 aliphatic heterocycles. The molecule has 7 saturated heterocycles. The van der Waals surface area contributed by atoms with Crippen molar-refractivity contribution in [2.45, 2.75) is 271 Å². The van der Waals surface area contributed by atoms with E-state index >= 15 is 0 Å². The number of aliphatic hydroxyl groups is 16. The van der Waals surface area contributed by atoms with E-state index in [1.54, 1.807) is 0 Å². The number of hydrogen-bond donors (Lipinski definition) is 16. The molecule has 90 heavy (non-hydrogen) atoms. The number of hydrogen-bond acceptors (Lipinski definition) is 31. The monoisotopic (exact) mass is 1300 g/mol. The second-order valence-corrected chi connectivity index (χ2v) is 27.7. The molecule has 4 aliphatic carbocycles. The number of aliphatic hydroxyl groups excluding tert-OH is 16. The van der Waals surface area contributed by atoms with E-state index in [1.165, 1.54) is 6.92 Å². The van der Waals surface area contributed by atoms with Gasteiger partial charge in [-0.1, -0.05) is 38.8 Å². The minimum atomic E-state index is -2.07. The first-order valence-electron chi connectivity index (χ1n) is 31.3. The summed E-state index contributed by atoms with van der Waals surface area (Å²) in [6.07, 6.45) is -45.9. The van der Waals surface area contributed by atoms with E-state index in [9.17, 15) is 91.3 Å². The van der Waals surface area contributed by atoms with Gasteiger partial charge in [0.15, 0.2) is 37.7 Å². The Morgan fingerprint density at radius 1 is 0.511 bits per heavy atom. The van der Waals surface area contributed by atoms with E-state index < -0.39 is 232 Å². The quantitative estimate of drug-likeness (QED) is 0.0505. The topological polar surface area (TPSA) is 478 Å². The zero-order valence-corrected chi connectivity index (χ0v) is 51.0. The number of fused-ring (bicyclic) bond motifs is 5. The van der Waals surface area contributed by atoms with Crippen LogP contribution in [0, 0.1) is 33.5 Å². The lowest BCUT2D eigenvalue weighted by Gasteiger charge is -2.63. The number of allylic oxidation sites excluding steroid dienone is 2. The fraction of sp³-hybridized carbons (Fsp3) is 0.932. The molecular weight excluding hydrogens is 1200 g/mol. The van der Waals surface area contributed by atoms with Crippen molar-refractivity contribution in [3.05, 3.63) is 11.1 Å². The molecule has 0 aromatic heterocycles. The summed E-state index contributed by atoms with van der Waals surface area (Å²) >= 11 is 0. The highest BCUT2D eigenvalue weighted by molar-refractivity contribution is 5.94. The lowest BCUT2D eigenvalue weighted by Crippen LogP contribution is -2.68. The summed E-state index contributed by atoms with van der Waals surface area (Å²) in [5, 5.41) is 177. The summed E-state index contributed by atoms with van der Waals surface area (Å²) in [5.74, 6) is -0.610. The highest BCUT2D eigenvalue weighted by atomic mass is 16.8. The van der Waals surface area contributed by atoms with Gasteiger partial charge in [0.1, 0.15) is 133 Å². The molecule has 0 amide bonds. The van der Waals surface area contributed by atoms with Crippen molar-refractivity contribution in [1.29, 1.82) is 0 Å². The lowest BCUT2D eigenvalue weighted by molar-refractivity contribution is -0.407. The molecule has 11 aliphatic rings. The van der Waals surface area contributed by atoms with Gasteiger partial charge < -0.3 is 143 Å². The number of ketones is 1. The van der Waals surface area contributed by atoms with Gasteiger partial charge in [0.2, 0.25) is 0 Å². The molecule has 0 unspecified atom stereocenters. The SMILES string of the molecule is C[C@@H]1O[C@@H](O[C@H]2[C@H](O[C@H]3[C@H](OC[C@H]4O[C@@H](O[C@H]5CC[C@]6(C)C7=C(CC[C@H]6[C@@]5(C)CO)[C@]5(C)C(=O)C[C@@]6(OC(=O)C[C@H]6C)[C@@]5(C)CC7)[C@H](O)[C@@H](O)[C@@H]4O)OC[C@H](O)[C@@H]3O)O[C@H](CO)[C@@H](O)[C@@H]2O[C@@H]2OC[C@H](O)[C@H](O)[C@H]2O[C@@H]2O[C@@H](CO)[C@H](O)[C@H]2O)[C@H](O)[C@H](O)[C@H]1O. The van der Waals surface area contributed by atoms with Gasteiger partial charge in [0, 0.05) is 23.2 Å². The van der Waals surface area contributed by atoms with Crippen LogP contribution in [0.1, 0.15) is 92.9 Å². The molecule has 0 radical (unpaired) electrons. The van der Waals surface area contributed by atoms with Crippen LogP contribution in [0.3, 0.4) is 0 Å². The first-order valence-corrected chi connectivity index (χ1v) is 31.3. The van der Waals surface area contributed by atoms with Gasteiger partial charge in [-0.15, -0.1) is 0 Å². The van der Waals surface area contributed by atoms with Crippen molar-refractivity contribution in [2.24, 2.45) is 33.5 Å². The first kappa shape index (κ1) is 69.1. The molecule has 0 aromatic rings. The second-order valence-electron chi connectivity index (χ2n) is 27.7. The van der Waals surface area contributed by atoms with Crippen molar-refractivity contribution in [1.82, 2.24) is 0 Å². The normalized spacial score (nSPS) is 54.8. The maximum absolute atomic E-state index is 14.5. The highest BCUT2D eigenvalue weighted by Crippen LogP contribution is 2.74. The Bertz CT molecular complexity index is 2590. The van der Waals surface area contributed by atoms with Gasteiger partial charge in [-0.25, -0.2) is 0 Å². The third kappa shape index (κ3) is 11.2. The lowest BCUT2D eigenvalue weighted by atomic mass is 9.42. The molecule has 1 spiro atoms. The smallest absolute Gasteiger partial charge is 0.306 e. The van der Waals surface area contributed by atoms with Crippen molar-refractivity contribution in [3.63, 3.8) is 0 Å². The number of carbonyl (C=O) groups is 2. The average molecular weight is 1300 g/mol. The number of Topliss-reactive ketones (excluding diaryl/α,β-unsaturated/α-hetero) is 1. The summed E-state index contributed by atoms with van der Waals surface area (Å²) in [4.78, 5) is 27.3. The van der Waals surface area contributed by atoms with E-state index in [0.29, 0.717) is 38.5 Å². The molecular formula is C59H92O31. The summed E-state index contributed by atoms with van der Waals surface area (Å²) in [6, 6.07) is 0. The van der Waals surface area contributed by atoms with Crippen LogP contribution in [-0.2, 0) is 71.2 Å². The Labute approximate surface area is 518 Å². The Morgan fingerprint density at radius 3 is 1.67 bits per heavy atom. The fourth-order valence-corrected chi connectivity index (χ4v) is 17.2. The van der Waals surface area contributed by atoms with Crippen LogP contribution in [-0.4, -0.2) is 311 Å². The molecule has 2 saturated carbocycles. The van der Waals surface area contributed by atoms with Crippen LogP contribution >= 0.6 is 0 Å². The van der Waals surface area contributed by atoms with E-state index in [1.807, 2.05) is 20.8 Å². The first-order chi connectivity index (χ1) is 42.4. The zero-order valence-electron chi connectivity index (χ0n) is 51.0. The van der Waals surface area contributed by atoms with Crippen molar-refractivity contribution in [2.75, 3.05) is 39.6 Å². The van der Waals surface area contributed by atoms with E-state index in [2.05, 4.69) is 13.8 Å².